The summed E-state index contributed by atoms with van der Waals surface area (Å²) in [5, 5.41) is 9.74. The van der Waals surface area contributed by atoms with Gasteiger partial charge in [0.15, 0.2) is 0 Å². The van der Waals surface area contributed by atoms with Crippen molar-refractivity contribution in [3.8, 4) is 0 Å². The Kier molecular flexibility index (Phi) is 4.89. The number of likely N-dealkylation sites (N-methyl/N-ethyl adjacent to an activating group) is 1. The van der Waals surface area contributed by atoms with Crippen LogP contribution in [-0.4, -0.2) is 36.5 Å². The molecule has 0 atom stereocenters. The maximum Gasteiger partial charge on any atom is 0.246 e. The first-order chi connectivity index (χ1) is 8.99. The zero-order valence-corrected chi connectivity index (χ0v) is 12.8. The van der Waals surface area contributed by atoms with E-state index in [1.165, 1.54) is 20.8 Å². The molecule has 1 N–H and O–H groups in total. The summed E-state index contributed by atoms with van der Waals surface area (Å²) in [5.74, 6) is -1.94. The second kappa shape index (κ2) is 5.75. The summed E-state index contributed by atoms with van der Waals surface area (Å²) < 4.78 is 52.7. The molecule has 20 heavy (non-hydrogen) atoms. The Labute approximate surface area is 118 Å². The van der Waals surface area contributed by atoms with Gasteiger partial charge in [-0.3, -0.25) is 0 Å². The van der Waals surface area contributed by atoms with Crippen LogP contribution in [0, 0.1) is 18.6 Å². The summed E-state index contributed by atoms with van der Waals surface area (Å²) >= 11 is 0. The highest BCUT2D eigenvalue weighted by Gasteiger charge is 2.31. The quantitative estimate of drug-likeness (QED) is 0.906. The van der Waals surface area contributed by atoms with Gasteiger partial charge in [-0.1, -0.05) is 6.92 Å². The van der Waals surface area contributed by atoms with Crippen LogP contribution in [0.15, 0.2) is 17.0 Å². The number of hydrogen-bond acceptors (Lipinski definition) is 3. The zero-order chi connectivity index (χ0) is 15.7. The number of aliphatic hydroxyl groups is 1. The molecule has 0 saturated carbocycles. The van der Waals surface area contributed by atoms with Crippen molar-refractivity contribution < 1.29 is 22.3 Å². The fourth-order valence-corrected chi connectivity index (χ4v) is 3.50. The van der Waals surface area contributed by atoms with Gasteiger partial charge in [-0.15, -0.1) is 0 Å². The topological polar surface area (TPSA) is 57.6 Å². The van der Waals surface area contributed by atoms with Crippen LogP contribution in [0.3, 0.4) is 0 Å². The Morgan fingerprint density at radius 3 is 2.25 bits per heavy atom. The highest BCUT2D eigenvalue weighted by molar-refractivity contribution is 7.89. The van der Waals surface area contributed by atoms with Crippen LogP contribution in [0.4, 0.5) is 8.78 Å². The lowest BCUT2D eigenvalue weighted by molar-refractivity contribution is 0.0601. The van der Waals surface area contributed by atoms with Gasteiger partial charge in [0.25, 0.3) is 0 Å². The second-order valence-corrected chi connectivity index (χ2v) is 7.18. The van der Waals surface area contributed by atoms with Gasteiger partial charge in [0.05, 0.1) is 5.60 Å². The molecule has 0 spiro atoms. The average Bonchev–Trinajstić information content (AvgIpc) is 2.29. The van der Waals surface area contributed by atoms with Gasteiger partial charge in [0.1, 0.15) is 16.5 Å². The fraction of sp³-hybridized carbons (Fsp3) is 0.538. The van der Waals surface area contributed by atoms with E-state index in [4.69, 9.17) is 0 Å². The Bertz CT molecular complexity index is 594. The fourth-order valence-electron chi connectivity index (χ4n) is 1.77. The van der Waals surface area contributed by atoms with Crippen LogP contribution < -0.4 is 0 Å². The number of benzene rings is 1. The van der Waals surface area contributed by atoms with Crippen molar-refractivity contribution in [3.63, 3.8) is 0 Å². The lowest BCUT2D eigenvalue weighted by atomic mass is 10.1. The predicted molar refractivity (Wildman–Crippen MR) is 71.8 cm³/mol. The molecule has 1 rings (SSSR count). The number of aryl methyl sites for hydroxylation is 1. The van der Waals surface area contributed by atoms with Gasteiger partial charge in [0.2, 0.25) is 10.0 Å². The maximum atomic E-state index is 13.7. The zero-order valence-electron chi connectivity index (χ0n) is 11.9. The number of hydrogen-bond donors (Lipinski definition) is 1. The molecule has 1 aromatic carbocycles. The number of sulfonamides is 1. The lowest BCUT2D eigenvalue weighted by Gasteiger charge is -2.27. The number of nitrogens with zero attached hydrogens (tertiary/aromatic N) is 1. The molecule has 114 valence electrons. The van der Waals surface area contributed by atoms with E-state index in [2.05, 4.69) is 0 Å². The van der Waals surface area contributed by atoms with Crippen LogP contribution in [-0.2, 0) is 10.0 Å². The van der Waals surface area contributed by atoms with Gasteiger partial charge in [-0.2, -0.15) is 4.31 Å². The Hall–Kier alpha value is -1.05. The van der Waals surface area contributed by atoms with E-state index in [1.807, 2.05) is 0 Å². The smallest absolute Gasteiger partial charge is 0.246 e. The van der Waals surface area contributed by atoms with Crippen molar-refractivity contribution in [2.75, 3.05) is 13.1 Å². The Balaban J connectivity index is 3.31. The molecule has 0 fully saturated rings. The SMILES string of the molecule is CCN(CC(C)(C)O)S(=O)(=O)c1cc(C)c(F)cc1F. The highest BCUT2D eigenvalue weighted by Crippen LogP contribution is 2.23. The third-order valence-corrected chi connectivity index (χ3v) is 4.68. The van der Waals surface area contributed by atoms with Crippen molar-refractivity contribution in [1.82, 2.24) is 4.31 Å². The third-order valence-electron chi connectivity index (χ3n) is 2.75. The molecule has 0 aliphatic carbocycles. The number of halogens is 2. The van der Waals surface area contributed by atoms with Gasteiger partial charge >= 0.3 is 0 Å². The van der Waals surface area contributed by atoms with E-state index in [-0.39, 0.29) is 18.7 Å². The van der Waals surface area contributed by atoms with E-state index < -0.39 is 32.2 Å². The van der Waals surface area contributed by atoms with Gasteiger partial charge in [-0.25, -0.2) is 17.2 Å². The first-order valence-corrected chi connectivity index (χ1v) is 7.61. The standard InChI is InChI=1S/C13H19F2NO3S/c1-5-16(8-13(3,4)17)20(18,19)12-6-9(2)10(14)7-11(12)15/h6-7,17H,5,8H2,1-4H3. The van der Waals surface area contributed by atoms with Crippen molar-refractivity contribution in [2.24, 2.45) is 0 Å². The molecule has 4 nitrogen and oxygen atoms in total. The average molecular weight is 307 g/mol. The first kappa shape index (κ1) is 17.0. The molecule has 0 amide bonds. The molecule has 0 aliphatic heterocycles. The van der Waals surface area contributed by atoms with Gasteiger partial charge < -0.3 is 5.11 Å². The molecular weight excluding hydrogens is 288 g/mol. The van der Waals surface area contributed by atoms with Crippen molar-refractivity contribution in [1.29, 1.82) is 0 Å². The minimum atomic E-state index is -4.12. The largest absolute Gasteiger partial charge is 0.389 e. The van der Waals surface area contributed by atoms with E-state index in [1.54, 1.807) is 6.92 Å². The number of rotatable bonds is 5. The van der Waals surface area contributed by atoms with Gasteiger partial charge in [-0.05, 0) is 32.4 Å². The molecule has 0 aliphatic rings. The summed E-state index contributed by atoms with van der Waals surface area (Å²) in [6, 6.07) is 1.52. The third kappa shape index (κ3) is 3.74. The van der Waals surface area contributed by atoms with Crippen LogP contribution in [0.2, 0.25) is 0 Å². The minimum absolute atomic E-state index is 0.0456. The molecule has 0 aromatic heterocycles. The maximum absolute atomic E-state index is 13.7. The highest BCUT2D eigenvalue weighted by atomic mass is 32.2. The monoisotopic (exact) mass is 307 g/mol. The van der Waals surface area contributed by atoms with Crippen molar-refractivity contribution >= 4 is 10.0 Å². The Morgan fingerprint density at radius 2 is 1.80 bits per heavy atom. The minimum Gasteiger partial charge on any atom is -0.389 e. The van der Waals surface area contributed by atoms with E-state index >= 15 is 0 Å². The van der Waals surface area contributed by atoms with Crippen molar-refractivity contribution in [3.05, 3.63) is 29.3 Å². The second-order valence-electron chi connectivity index (χ2n) is 5.28. The lowest BCUT2D eigenvalue weighted by Crippen LogP contribution is -2.42. The molecule has 0 bridgehead atoms. The summed E-state index contributed by atoms with van der Waals surface area (Å²) in [5.41, 5.74) is -1.21. The predicted octanol–water partition coefficient (Wildman–Crippen LogP) is 2.05. The van der Waals surface area contributed by atoms with E-state index in [0.717, 1.165) is 10.4 Å². The van der Waals surface area contributed by atoms with Crippen LogP contribution in [0.1, 0.15) is 26.3 Å². The van der Waals surface area contributed by atoms with Gasteiger partial charge in [0, 0.05) is 19.2 Å². The molecule has 7 heteroatoms. The molecule has 1 aromatic rings. The molecule has 0 saturated heterocycles. The van der Waals surface area contributed by atoms with Crippen LogP contribution >= 0.6 is 0 Å². The summed E-state index contributed by atoms with van der Waals surface area (Å²) in [4.78, 5) is -0.581. The molecule has 0 unspecified atom stereocenters. The first-order valence-electron chi connectivity index (χ1n) is 6.17. The molecule has 0 heterocycles. The van der Waals surface area contributed by atoms with Crippen molar-refractivity contribution in [2.45, 2.75) is 38.2 Å². The summed E-state index contributed by atoms with van der Waals surface area (Å²) in [7, 11) is -4.12. The molecule has 0 radical (unpaired) electrons. The molecular formula is C13H19F2NO3S. The van der Waals surface area contributed by atoms with E-state index in [0.29, 0.717) is 6.07 Å². The Morgan fingerprint density at radius 1 is 1.25 bits per heavy atom. The van der Waals surface area contributed by atoms with Crippen LogP contribution in [0.25, 0.3) is 0 Å². The normalized spacial score (nSPS) is 13.0. The summed E-state index contributed by atoms with van der Waals surface area (Å²) in [6.45, 7) is 5.75. The van der Waals surface area contributed by atoms with Crippen LogP contribution in [0.5, 0.6) is 0 Å². The van der Waals surface area contributed by atoms with E-state index in [9.17, 15) is 22.3 Å². The summed E-state index contributed by atoms with van der Waals surface area (Å²) in [6.07, 6.45) is 0.